The third-order valence-corrected chi connectivity index (χ3v) is 11.3. The van der Waals surface area contributed by atoms with Gasteiger partial charge in [0, 0.05) is 30.9 Å². The van der Waals surface area contributed by atoms with Gasteiger partial charge >= 0.3 is 6.18 Å². The normalized spacial score (nSPS) is 12.0. The van der Waals surface area contributed by atoms with Gasteiger partial charge in [-0.3, -0.25) is 23.9 Å². The summed E-state index contributed by atoms with van der Waals surface area (Å²) in [6, 6.07) is 21.9. The van der Waals surface area contributed by atoms with Gasteiger partial charge in [0.2, 0.25) is 5.91 Å². The molecule has 1 atom stereocenters. The number of halogens is 4. The van der Waals surface area contributed by atoms with Crippen molar-refractivity contribution in [3.63, 3.8) is 0 Å². The molecule has 0 aliphatic carbocycles. The first-order chi connectivity index (χ1) is 28.4. The SMILES string of the molecule is CCOc1ccc(-n2c(C(CCNC(=O)c3ccc(-c4csc(C)n4)s3)N(Cc3cccnc3)C(=O)Cc3ccc(C(F)(F)F)c(F)c3)nc3ccccc3c2=O)cc1. The van der Waals surface area contributed by atoms with E-state index in [2.05, 4.69) is 15.3 Å². The molecule has 16 heteroatoms. The van der Waals surface area contributed by atoms with E-state index in [0.29, 0.717) is 51.5 Å². The second-order valence-corrected chi connectivity index (χ2v) is 15.5. The molecule has 0 aliphatic rings. The van der Waals surface area contributed by atoms with Crippen molar-refractivity contribution in [1.29, 1.82) is 0 Å². The largest absolute Gasteiger partial charge is 0.494 e. The number of hydrogen-bond donors (Lipinski definition) is 1. The first-order valence-corrected chi connectivity index (χ1v) is 20.2. The van der Waals surface area contributed by atoms with E-state index < -0.39 is 41.5 Å². The highest BCUT2D eigenvalue weighted by molar-refractivity contribution is 7.17. The predicted molar refractivity (Wildman–Crippen MR) is 218 cm³/mol. The Morgan fingerprint density at radius 2 is 1.76 bits per heavy atom. The quantitative estimate of drug-likeness (QED) is 0.109. The van der Waals surface area contributed by atoms with Gasteiger partial charge < -0.3 is 15.0 Å². The van der Waals surface area contributed by atoms with E-state index in [0.717, 1.165) is 21.6 Å². The number of pyridine rings is 1. The third kappa shape index (κ3) is 9.39. The smallest absolute Gasteiger partial charge is 0.419 e. The molecular weight excluding hydrogens is 805 g/mol. The number of hydrogen-bond acceptors (Lipinski definition) is 9. The maximum absolute atomic E-state index is 14.8. The minimum Gasteiger partial charge on any atom is -0.494 e. The van der Waals surface area contributed by atoms with Crippen LogP contribution in [0.3, 0.4) is 0 Å². The summed E-state index contributed by atoms with van der Waals surface area (Å²) in [5.74, 6) is -1.76. The molecule has 0 fully saturated rings. The number of rotatable bonds is 14. The predicted octanol–water partition coefficient (Wildman–Crippen LogP) is 8.96. The number of nitrogens with one attached hydrogen (secondary N) is 1. The molecule has 0 spiro atoms. The summed E-state index contributed by atoms with van der Waals surface area (Å²) >= 11 is 2.78. The zero-order valence-corrected chi connectivity index (χ0v) is 33.3. The number of nitrogens with zero attached hydrogens (tertiary/aromatic N) is 5. The minimum atomic E-state index is -4.93. The standard InChI is InChI=1S/C43H36F4N6O4S2/c1-3-57-30-13-11-29(12-14-30)53-40(51-34-9-5-4-8-31(34)42(53)56)36(18-20-49-41(55)38-17-16-37(59-38)35-25-58-26(2)50-35)52(24-28-7-6-19-48-23-28)39(54)22-27-10-15-32(33(44)21-27)43(45,46)47/h4-17,19,21,23,25,36H,3,18,20,22,24H2,1-2H3,(H,49,55). The Labute approximate surface area is 343 Å². The second-order valence-electron chi connectivity index (χ2n) is 13.4. The van der Waals surface area contributed by atoms with Crippen LogP contribution in [0.1, 0.15) is 56.6 Å². The number of thiazole rings is 1. The number of carbonyl (C=O) groups excluding carboxylic acids is 2. The number of aromatic nitrogens is 4. The van der Waals surface area contributed by atoms with Crippen LogP contribution in [-0.4, -0.2) is 49.4 Å². The molecule has 10 nitrogen and oxygen atoms in total. The molecule has 4 aromatic heterocycles. The summed E-state index contributed by atoms with van der Waals surface area (Å²) in [4.78, 5) is 59.1. The maximum Gasteiger partial charge on any atom is 0.419 e. The van der Waals surface area contributed by atoms with E-state index >= 15 is 0 Å². The number of alkyl halides is 3. The lowest BCUT2D eigenvalue weighted by molar-refractivity contribution is -0.140. The van der Waals surface area contributed by atoms with E-state index in [1.165, 1.54) is 32.1 Å². The molecule has 3 aromatic carbocycles. The van der Waals surface area contributed by atoms with Crippen molar-refractivity contribution in [2.45, 2.75) is 45.5 Å². The van der Waals surface area contributed by atoms with Crippen molar-refractivity contribution in [1.82, 2.24) is 29.7 Å². The van der Waals surface area contributed by atoms with Crippen molar-refractivity contribution in [3.05, 3.63) is 157 Å². The number of fused-ring (bicyclic) bond motifs is 1. The molecule has 0 saturated carbocycles. The minimum absolute atomic E-state index is 0.00270. The Hall–Kier alpha value is -6.26. The molecule has 2 amide bonds. The van der Waals surface area contributed by atoms with Crippen LogP contribution in [0.5, 0.6) is 5.75 Å². The monoisotopic (exact) mass is 840 g/mol. The number of carbonyl (C=O) groups is 2. The Morgan fingerprint density at radius 1 is 0.966 bits per heavy atom. The summed E-state index contributed by atoms with van der Waals surface area (Å²) in [5, 5.41) is 6.08. The number of aryl methyl sites for hydroxylation is 1. The molecule has 4 heterocycles. The van der Waals surface area contributed by atoms with Crippen LogP contribution in [-0.2, 0) is 23.9 Å². The fourth-order valence-electron chi connectivity index (χ4n) is 6.62. The topological polar surface area (TPSA) is 119 Å². The van der Waals surface area contributed by atoms with Gasteiger partial charge in [0.25, 0.3) is 11.5 Å². The Balaban J connectivity index is 1.32. The third-order valence-electron chi connectivity index (χ3n) is 9.38. The number of para-hydroxylation sites is 1. The molecular formula is C43H36F4N6O4S2. The van der Waals surface area contributed by atoms with Gasteiger partial charge in [-0.2, -0.15) is 13.2 Å². The summed E-state index contributed by atoms with van der Waals surface area (Å²) in [6.07, 6.45) is -2.26. The second kappa shape index (κ2) is 17.7. The molecule has 7 aromatic rings. The first kappa shape index (κ1) is 40.9. The average molecular weight is 841 g/mol. The molecule has 59 heavy (non-hydrogen) atoms. The Kier molecular flexibility index (Phi) is 12.3. The summed E-state index contributed by atoms with van der Waals surface area (Å²) in [6.45, 7) is 4.09. The van der Waals surface area contributed by atoms with Crippen LogP contribution < -0.4 is 15.6 Å². The van der Waals surface area contributed by atoms with Gasteiger partial charge in [0.15, 0.2) is 0 Å². The van der Waals surface area contributed by atoms with Gasteiger partial charge in [-0.25, -0.2) is 14.4 Å². The molecule has 0 bridgehead atoms. The molecule has 0 radical (unpaired) electrons. The fourth-order valence-corrected chi connectivity index (χ4v) is 8.19. The van der Waals surface area contributed by atoms with Crippen molar-refractivity contribution in [2.24, 2.45) is 0 Å². The number of thiophene rings is 1. The highest BCUT2D eigenvalue weighted by Gasteiger charge is 2.35. The average Bonchev–Trinajstić information content (AvgIpc) is 3.89. The number of benzene rings is 3. The van der Waals surface area contributed by atoms with Crippen molar-refractivity contribution >= 4 is 45.4 Å². The van der Waals surface area contributed by atoms with Crippen LogP contribution >= 0.6 is 22.7 Å². The first-order valence-electron chi connectivity index (χ1n) is 18.5. The molecule has 1 N–H and O–H groups in total. The summed E-state index contributed by atoms with van der Waals surface area (Å²) < 4.78 is 62.2. The fraction of sp³-hybridized carbons (Fsp3) is 0.209. The summed E-state index contributed by atoms with van der Waals surface area (Å²) in [7, 11) is 0. The van der Waals surface area contributed by atoms with Crippen molar-refractivity contribution in [2.75, 3.05) is 13.2 Å². The van der Waals surface area contributed by atoms with Gasteiger partial charge in [-0.05, 0) is 98.1 Å². The van der Waals surface area contributed by atoms with Gasteiger partial charge in [-0.15, -0.1) is 22.7 Å². The van der Waals surface area contributed by atoms with Crippen LogP contribution in [0.2, 0.25) is 0 Å². The van der Waals surface area contributed by atoms with E-state index in [1.807, 2.05) is 25.3 Å². The molecule has 302 valence electrons. The van der Waals surface area contributed by atoms with Gasteiger partial charge in [-0.1, -0.05) is 24.3 Å². The van der Waals surface area contributed by atoms with E-state index in [1.54, 1.807) is 79.1 Å². The molecule has 0 saturated heterocycles. The lowest BCUT2D eigenvalue weighted by Gasteiger charge is -2.33. The molecule has 1 unspecified atom stereocenters. The van der Waals surface area contributed by atoms with Gasteiger partial charge in [0.05, 0.1) is 61.7 Å². The summed E-state index contributed by atoms with van der Waals surface area (Å²) in [5.41, 5.74) is 0.257. The van der Waals surface area contributed by atoms with E-state index in [4.69, 9.17) is 9.72 Å². The van der Waals surface area contributed by atoms with Crippen molar-refractivity contribution in [3.8, 4) is 22.0 Å². The zero-order chi connectivity index (χ0) is 41.7. The van der Waals surface area contributed by atoms with E-state index in [-0.39, 0.29) is 36.8 Å². The van der Waals surface area contributed by atoms with Crippen LogP contribution in [0.4, 0.5) is 17.6 Å². The van der Waals surface area contributed by atoms with Crippen LogP contribution in [0, 0.1) is 12.7 Å². The van der Waals surface area contributed by atoms with E-state index in [9.17, 15) is 31.9 Å². The lowest BCUT2D eigenvalue weighted by atomic mass is 10.0. The lowest BCUT2D eigenvalue weighted by Crippen LogP contribution is -2.40. The number of amides is 2. The highest BCUT2D eigenvalue weighted by Crippen LogP contribution is 2.34. The Bertz CT molecular complexity index is 2660. The molecule has 0 aliphatic heterocycles. The van der Waals surface area contributed by atoms with Crippen LogP contribution in [0.25, 0.3) is 27.2 Å². The molecule has 7 rings (SSSR count). The van der Waals surface area contributed by atoms with Gasteiger partial charge in [0.1, 0.15) is 17.4 Å². The highest BCUT2D eigenvalue weighted by atomic mass is 32.1. The zero-order valence-electron chi connectivity index (χ0n) is 31.7. The maximum atomic E-state index is 14.8. The Morgan fingerprint density at radius 3 is 2.46 bits per heavy atom. The van der Waals surface area contributed by atoms with Crippen LogP contribution in [0.15, 0.2) is 114 Å². The number of ether oxygens (including phenoxy) is 1. The van der Waals surface area contributed by atoms with Crippen molar-refractivity contribution < 1.29 is 31.9 Å².